The molecular formula is C17H25N3O4. The normalized spacial score (nSPS) is 21.5. The highest BCUT2D eigenvalue weighted by molar-refractivity contribution is 5.90. The molecular weight excluding hydrogens is 310 g/mol. The number of amides is 1. The van der Waals surface area contributed by atoms with Gasteiger partial charge in [-0.05, 0) is 30.0 Å². The van der Waals surface area contributed by atoms with E-state index in [0.29, 0.717) is 19.5 Å². The van der Waals surface area contributed by atoms with E-state index in [1.54, 1.807) is 24.5 Å². The van der Waals surface area contributed by atoms with E-state index in [-0.39, 0.29) is 18.3 Å². The van der Waals surface area contributed by atoms with Crippen molar-refractivity contribution in [2.24, 2.45) is 11.8 Å². The third-order valence-electron chi connectivity index (χ3n) is 4.01. The Labute approximate surface area is 141 Å². The Morgan fingerprint density at radius 1 is 1.38 bits per heavy atom. The summed E-state index contributed by atoms with van der Waals surface area (Å²) in [5, 5.41) is 15.5. The van der Waals surface area contributed by atoms with Gasteiger partial charge in [-0.2, -0.15) is 0 Å². The first-order chi connectivity index (χ1) is 11.5. The molecule has 2 unspecified atom stereocenters. The van der Waals surface area contributed by atoms with Crippen LogP contribution in [0.3, 0.4) is 0 Å². The van der Waals surface area contributed by atoms with Crippen molar-refractivity contribution in [3.05, 3.63) is 30.1 Å². The van der Waals surface area contributed by atoms with Gasteiger partial charge in [0.1, 0.15) is 6.61 Å². The van der Waals surface area contributed by atoms with E-state index in [2.05, 4.69) is 15.6 Å². The van der Waals surface area contributed by atoms with Gasteiger partial charge in [-0.15, -0.1) is 0 Å². The smallest absolute Gasteiger partial charge is 0.408 e. The van der Waals surface area contributed by atoms with Crippen LogP contribution in [0.1, 0.15) is 25.8 Å². The maximum Gasteiger partial charge on any atom is 0.408 e. The van der Waals surface area contributed by atoms with E-state index in [1.165, 1.54) is 0 Å². The van der Waals surface area contributed by atoms with Gasteiger partial charge in [0.25, 0.3) is 0 Å². The number of carbonyl (C=O) groups is 2. The fraction of sp³-hybridized carbons (Fsp3) is 0.588. The minimum atomic E-state index is -0.707. The number of nitrogens with zero attached hydrogens (tertiary/aromatic N) is 1. The van der Waals surface area contributed by atoms with Crippen LogP contribution in [-0.4, -0.2) is 47.2 Å². The second-order valence-corrected chi connectivity index (χ2v) is 6.49. The number of hydrogen-bond donors (Lipinski definition) is 3. The number of aromatic nitrogens is 1. The second-order valence-electron chi connectivity index (χ2n) is 6.49. The van der Waals surface area contributed by atoms with Crippen molar-refractivity contribution in [2.75, 3.05) is 13.1 Å². The van der Waals surface area contributed by atoms with Gasteiger partial charge in [0, 0.05) is 25.5 Å². The number of aliphatic hydroxyl groups is 1. The maximum atomic E-state index is 12.6. The lowest BCUT2D eigenvalue weighted by Gasteiger charge is -2.23. The number of ketones is 1. The predicted molar refractivity (Wildman–Crippen MR) is 88.2 cm³/mol. The van der Waals surface area contributed by atoms with Gasteiger partial charge in [0.05, 0.1) is 18.1 Å². The number of aliphatic hydroxyl groups excluding tert-OH is 1. The molecule has 24 heavy (non-hydrogen) atoms. The Morgan fingerprint density at radius 3 is 2.67 bits per heavy atom. The van der Waals surface area contributed by atoms with Crippen LogP contribution in [0.5, 0.6) is 0 Å². The third-order valence-corrected chi connectivity index (χ3v) is 4.01. The van der Waals surface area contributed by atoms with E-state index in [9.17, 15) is 14.7 Å². The van der Waals surface area contributed by atoms with Crippen molar-refractivity contribution >= 4 is 11.9 Å². The zero-order chi connectivity index (χ0) is 17.5. The Balaban J connectivity index is 1.92. The molecule has 1 aliphatic rings. The number of nitrogens with one attached hydrogen (secondary N) is 2. The molecule has 3 N–H and O–H groups in total. The van der Waals surface area contributed by atoms with Crippen LogP contribution < -0.4 is 10.6 Å². The van der Waals surface area contributed by atoms with Crippen LogP contribution in [0.15, 0.2) is 24.5 Å². The molecule has 1 amide bonds. The molecule has 2 rings (SSSR count). The number of rotatable bonds is 7. The summed E-state index contributed by atoms with van der Waals surface area (Å²) in [6.45, 7) is 4.91. The largest absolute Gasteiger partial charge is 0.445 e. The molecule has 0 spiro atoms. The number of hydrogen-bond acceptors (Lipinski definition) is 6. The van der Waals surface area contributed by atoms with E-state index in [4.69, 9.17) is 4.74 Å². The standard InChI is InChI=1S/C17H25N3O4/c1-11(2)7-14(16(22)13-8-19-9-15(13)21)20-17(23)24-10-12-3-5-18-6-4-12/h3-6,11,13-15,19,21H,7-10H2,1-2H3,(H,20,23)/t13?,14-,15?/m0/s1. The lowest BCUT2D eigenvalue weighted by atomic mass is 9.90. The van der Waals surface area contributed by atoms with Crippen molar-refractivity contribution in [3.63, 3.8) is 0 Å². The lowest BCUT2D eigenvalue weighted by molar-refractivity contribution is -0.127. The van der Waals surface area contributed by atoms with Crippen LogP contribution in [-0.2, 0) is 16.1 Å². The van der Waals surface area contributed by atoms with Gasteiger partial charge >= 0.3 is 6.09 Å². The monoisotopic (exact) mass is 335 g/mol. The molecule has 132 valence electrons. The predicted octanol–water partition coefficient (Wildman–Crippen LogP) is 0.872. The number of pyridine rings is 1. The molecule has 0 aliphatic carbocycles. The molecule has 1 aliphatic heterocycles. The highest BCUT2D eigenvalue weighted by Crippen LogP contribution is 2.16. The molecule has 1 aromatic heterocycles. The summed E-state index contributed by atoms with van der Waals surface area (Å²) in [6, 6.07) is 2.85. The first-order valence-corrected chi connectivity index (χ1v) is 8.22. The van der Waals surface area contributed by atoms with Crippen molar-refractivity contribution in [1.82, 2.24) is 15.6 Å². The first kappa shape index (κ1) is 18.4. The fourth-order valence-electron chi connectivity index (χ4n) is 2.74. The molecule has 7 nitrogen and oxygen atoms in total. The van der Waals surface area contributed by atoms with Crippen molar-refractivity contribution in [3.8, 4) is 0 Å². The summed E-state index contributed by atoms with van der Waals surface area (Å²) < 4.78 is 5.17. The molecule has 0 bridgehead atoms. The van der Waals surface area contributed by atoms with Gasteiger partial charge in [0.2, 0.25) is 0 Å². The summed E-state index contributed by atoms with van der Waals surface area (Å²) in [7, 11) is 0. The zero-order valence-electron chi connectivity index (χ0n) is 14.1. The van der Waals surface area contributed by atoms with Crippen LogP contribution in [0.25, 0.3) is 0 Å². The van der Waals surface area contributed by atoms with Crippen LogP contribution in [0.4, 0.5) is 4.79 Å². The number of carbonyl (C=O) groups excluding carboxylic acids is 2. The second kappa shape index (κ2) is 8.75. The van der Waals surface area contributed by atoms with Gasteiger partial charge in [-0.25, -0.2) is 4.79 Å². The van der Waals surface area contributed by atoms with E-state index in [0.717, 1.165) is 5.56 Å². The number of β-amino-alcohol motifs (C(OH)–C–C–N with tert-alkyl or cyclic N) is 1. The van der Waals surface area contributed by atoms with Crippen LogP contribution in [0.2, 0.25) is 0 Å². The average Bonchev–Trinajstić information content (AvgIpc) is 2.98. The van der Waals surface area contributed by atoms with Gasteiger partial charge < -0.3 is 20.5 Å². The molecule has 0 aromatic carbocycles. The summed E-state index contributed by atoms with van der Waals surface area (Å²) in [5.74, 6) is -0.415. The van der Waals surface area contributed by atoms with E-state index >= 15 is 0 Å². The molecule has 2 heterocycles. The highest BCUT2D eigenvalue weighted by atomic mass is 16.5. The van der Waals surface area contributed by atoms with Crippen molar-refractivity contribution in [2.45, 2.75) is 39.0 Å². The minimum Gasteiger partial charge on any atom is -0.445 e. The lowest BCUT2D eigenvalue weighted by Crippen LogP contribution is -2.47. The maximum absolute atomic E-state index is 12.6. The van der Waals surface area contributed by atoms with E-state index in [1.807, 2.05) is 13.8 Å². The van der Waals surface area contributed by atoms with Crippen molar-refractivity contribution < 1.29 is 19.4 Å². The Morgan fingerprint density at radius 2 is 2.08 bits per heavy atom. The van der Waals surface area contributed by atoms with Crippen LogP contribution >= 0.6 is 0 Å². The van der Waals surface area contributed by atoms with Gasteiger partial charge in [-0.3, -0.25) is 9.78 Å². The quantitative estimate of drug-likeness (QED) is 0.684. The number of Topliss-reactive ketones (excluding diaryl/α,β-unsaturated/α-hetero) is 1. The van der Waals surface area contributed by atoms with Crippen LogP contribution in [0, 0.1) is 11.8 Å². The third kappa shape index (κ3) is 5.28. The highest BCUT2D eigenvalue weighted by Gasteiger charge is 2.36. The molecule has 0 radical (unpaired) electrons. The van der Waals surface area contributed by atoms with E-state index < -0.39 is 24.2 Å². The number of alkyl carbamates (subject to hydrolysis) is 1. The average molecular weight is 335 g/mol. The summed E-state index contributed by atoms with van der Waals surface area (Å²) in [4.78, 5) is 28.5. The zero-order valence-corrected chi connectivity index (χ0v) is 14.1. The number of ether oxygens (including phenoxy) is 1. The molecule has 1 aromatic rings. The Kier molecular flexibility index (Phi) is 6.69. The van der Waals surface area contributed by atoms with Crippen molar-refractivity contribution in [1.29, 1.82) is 0 Å². The Bertz CT molecular complexity index is 550. The SMILES string of the molecule is CC(C)C[C@H](NC(=O)OCc1ccncc1)C(=O)C1CNCC1O. The summed E-state index contributed by atoms with van der Waals surface area (Å²) >= 11 is 0. The Hall–Kier alpha value is -1.99. The molecule has 0 saturated carbocycles. The molecule has 3 atom stereocenters. The van der Waals surface area contributed by atoms with Gasteiger partial charge in [-0.1, -0.05) is 13.8 Å². The topological polar surface area (TPSA) is 101 Å². The fourth-order valence-corrected chi connectivity index (χ4v) is 2.74. The first-order valence-electron chi connectivity index (χ1n) is 8.22. The van der Waals surface area contributed by atoms with Gasteiger partial charge in [0.15, 0.2) is 5.78 Å². The summed E-state index contributed by atoms with van der Waals surface area (Å²) in [5.41, 5.74) is 0.822. The molecule has 1 fully saturated rings. The summed E-state index contributed by atoms with van der Waals surface area (Å²) in [6.07, 6.45) is 2.41. The molecule has 7 heteroatoms. The minimum absolute atomic E-state index is 0.116. The molecule has 1 saturated heterocycles.